The lowest BCUT2D eigenvalue weighted by molar-refractivity contribution is -0.153. The van der Waals surface area contributed by atoms with Crippen LogP contribution in [0.2, 0.25) is 0 Å². The molecule has 0 saturated heterocycles. The third-order valence-electron chi connectivity index (χ3n) is 4.72. The van der Waals surface area contributed by atoms with E-state index in [4.69, 9.17) is 4.74 Å². The average molecular weight is 307 g/mol. The van der Waals surface area contributed by atoms with Gasteiger partial charge in [-0.1, -0.05) is 12.2 Å². The first-order valence-electron chi connectivity index (χ1n) is 8.05. The molecule has 0 aromatic heterocycles. The summed E-state index contributed by atoms with van der Waals surface area (Å²) in [6, 6.07) is -0.873. The van der Waals surface area contributed by atoms with Crippen LogP contribution >= 0.6 is 0 Å². The summed E-state index contributed by atoms with van der Waals surface area (Å²) in [6.45, 7) is 7.39. The van der Waals surface area contributed by atoms with Crippen LogP contribution in [-0.4, -0.2) is 30.3 Å². The highest BCUT2D eigenvalue weighted by molar-refractivity contribution is 5.92. The summed E-state index contributed by atoms with van der Waals surface area (Å²) in [5.41, 5.74) is 1.14. The molecule has 0 aromatic carbocycles. The van der Waals surface area contributed by atoms with Crippen molar-refractivity contribution in [3.05, 3.63) is 12.2 Å². The molecule has 22 heavy (non-hydrogen) atoms. The smallest absolute Gasteiger partial charge is 0.329 e. The quantitative estimate of drug-likeness (QED) is 0.637. The van der Waals surface area contributed by atoms with Gasteiger partial charge in [0.1, 0.15) is 11.8 Å². The van der Waals surface area contributed by atoms with Crippen LogP contribution < -0.4 is 5.32 Å². The third-order valence-corrected chi connectivity index (χ3v) is 4.72. The molecule has 0 aliphatic heterocycles. The molecule has 0 spiro atoms. The number of ketones is 1. The number of hydrogen-bond acceptors (Lipinski definition) is 4. The summed E-state index contributed by atoms with van der Waals surface area (Å²) in [5.74, 6) is -0.794. The second-order valence-electron chi connectivity index (χ2n) is 6.48. The van der Waals surface area contributed by atoms with E-state index in [0.29, 0.717) is 12.3 Å². The van der Waals surface area contributed by atoms with Crippen LogP contribution in [0.3, 0.4) is 0 Å². The summed E-state index contributed by atoms with van der Waals surface area (Å²) in [6.07, 6.45) is 4.11. The summed E-state index contributed by atoms with van der Waals surface area (Å²) >= 11 is 0. The van der Waals surface area contributed by atoms with Crippen LogP contribution in [0.5, 0.6) is 0 Å². The molecule has 2 rings (SSSR count). The van der Waals surface area contributed by atoms with Gasteiger partial charge in [-0.05, 0) is 44.4 Å². The molecule has 5 nitrogen and oxygen atoms in total. The minimum atomic E-state index is -0.873. The lowest BCUT2D eigenvalue weighted by atomic mass is 9.69. The van der Waals surface area contributed by atoms with Crippen LogP contribution in [0.1, 0.15) is 46.0 Å². The maximum Gasteiger partial charge on any atom is 0.329 e. The van der Waals surface area contributed by atoms with Crippen LogP contribution in [0.4, 0.5) is 0 Å². The van der Waals surface area contributed by atoms with Gasteiger partial charge in [0.25, 0.3) is 0 Å². The molecule has 1 amide bonds. The Hall–Kier alpha value is -1.65. The SMILES string of the molecule is C=C1CCC2CC(=O)[C@H]([C@@H](NC(C)=O)C(=O)OCC)C(C1)C2. The van der Waals surface area contributed by atoms with E-state index >= 15 is 0 Å². The Morgan fingerprint density at radius 3 is 2.77 bits per heavy atom. The van der Waals surface area contributed by atoms with Crippen LogP contribution in [0, 0.1) is 17.8 Å². The highest BCUT2D eigenvalue weighted by Crippen LogP contribution is 2.42. The molecular formula is C17H25NO4. The number of Topliss-reactive ketones (excluding diaryl/α,β-unsaturated/α-hetero) is 1. The number of allylic oxidation sites excluding steroid dienone is 1. The first kappa shape index (κ1) is 16.7. The van der Waals surface area contributed by atoms with Crippen molar-refractivity contribution in [2.24, 2.45) is 17.8 Å². The van der Waals surface area contributed by atoms with E-state index < -0.39 is 17.9 Å². The number of esters is 1. The number of nitrogens with one attached hydrogen (secondary N) is 1. The van der Waals surface area contributed by atoms with Crippen molar-refractivity contribution < 1.29 is 19.1 Å². The van der Waals surface area contributed by atoms with Gasteiger partial charge in [-0.25, -0.2) is 4.79 Å². The van der Waals surface area contributed by atoms with Crippen molar-refractivity contribution in [2.75, 3.05) is 6.61 Å². The lowest BCUT2D eigenvalue weighted by Crippen LogP contribution is -2.53. The third kappa shape index (κ3) is 3.76. The first-order chi connectivity index (χ1) is 10.4. The van der Waals surface area contributed by atoms with Crippen molar-refractivity contribution in [1.29, 1.82) is 0 Å². The second-order valence-corrected chi connectivity index (χ2v) is 6.48. The van der Waals surface area contributed by atoms with Gasteiger partial charge < -0.3 is 10.1 Å². The summed E-state index contributed by atoms with van der Waals surface area (Å²) in [5, 5.41) is 2.64. The van der Waals surface area contributed by atoms with Gasteiger partial charge in [0.2, 0.25) is 5.91 Å². The molecule has 1 N–H and O–H groups in total. The zero-order valence-electron chi connectivity index (χ0n) is 13.4. The number of carbonyl (C=O) groups excluding carboxylic acids is 3. The molecular weight excluding hydrogens is 282 g/mol. The van der Waals surface area contributed by atoms with E-state index in [9.17, 15) is 14.4 Å². The number of amides is 1. The standard InChI is InChI=1S/C17H25NO4/c1-4-22-17(21)16(18-11(3)19)15-13-7-10(2)5-6-12(8-13)9-14(15)20/h12-13,15-16H,2,4-9H2,1,3H3,(H,18,19)/t12?,13?,15-,16-/m1/s1. The van der Waals surface area contributed by atoms with Crippen LogP contribution in [0.25, 0.3) is 0 Å². The van der Waals surface area contributed by atoms with Gasteiger partial charge in [0.05, 0.1) is 12.5 Å². The minimum Gasteiger partial charge on any atom is -0.464 e. The molecule has 2 aliphatic rings. The molecule has 2 fully saturated rings. The fourth-order valence-electron chi connectivity index (χ4n) is 3.86. The van der Waals surface area contributed by atoms with Crippen LogP contribution in [-0.2, 0) is 19.1 Å². The Bertz CT molecular complexity index is 485. The Morgan fingerprint density at radius 2 is 2.14 bits per heavy atom. The number of fused-ring (bicyclic) bond motifs is 2. The molecule has 2 aliphatic carbocycles. The van der Waals surface area contributed by atoms with Gasteiger partial charge in [-0.15, -0.1) is 0 Å². The van der Waals surface area contributed by atoms with Gasteiger partial charge in [-0.3, -0.25) is 9.59 Å². The molecule has 2 bridgehead atoms. The van der Waals surface area contributed by atoms with Gasteiger partial charge in [-0.2, -0.15) is 0 Å². The maximum absolute atomic E-state index is 12.6. The van der Waals surface area contributed by atoms with Crippen molar-refractivity contribution in [2.45, 2.75) is 52.0 Å². The highest BCUT2D eigenvalue weighted by Gasteiger charge is 2.45. The second kappa shape index (κ2) is 7.07. The molecule has 2 saturated carbocycles. The first-order valence-corrected chi connectivity index (χ1v) is 8.05. The van der Waals surface area contributed by atoms with Gasteiger partial charge >= 0.3 is 5.97 Å². The molecule has 122 valence electrons. The zero-order valence-corrected chi connectivity index (χ0v) is 13.4. The predicted octanol–water partition coefficient (Wildman–Crippen LogP) is 2.01. The van der Waals surface area contributed by atoms with E-state index in [1.807, 2.05) is 0 Å². The molecule has 4 atom stereocenters. The fraction of sp³-hybridized carbons (Fsp3) is 0.706. The van der Waals surface area contributed by atoms with Crippen molar-refractivity contribution in [3.8, 4) is 0 Å². The average Bonchev–Trinajstić information content (AvgIpc) is 2.57. The monoisotopic (exact) mass is 307 g/mol. The predicted molar refractivity (Wildman–Crippen MR) is 81.9 cm³/mol. The maximum atomic E-state index is 12.6. The topological polar surface area (TPSA) is 72.5 Å². The van der Waals surface area contributed by atoms with E-state index in [0.717, 1.165) is 31.3 Å². The number of hydrogen-bond donors (Lipinski definition) is 1. The summed E-state index contributed by atoms with van der Waals surface area (Å²) in [7, 11) is 0. The van der Waals surface area contributed by atoms with E-state index in [1.54, 1.807) is 6.92 Å². The number of rotatable bonds is 4. The zero-order chi connectivity index (χ0) is 16.3. The molecule has 2 unspecified atom stereocenters. The lowest BCUT2D eigenvalue weighted by Gasteiger charge is -2.37. The van der Waals surface area contributed by atoms with Crippen molar-refractivity contribution in [3.63, 3.8) is 0 Å². The Balaban J connectivity index is 2.26. The van der Waals surface area contributed by atoms with E-state index in [2.05, 4.69) is 11.9 Å². The normalized spacial score (nSPS) is 29.5. The Labute approximate surface area is 131 Å². The highest BCUT2D eigenvalue weighted by atomic mass is 16.5. The molecule has 5 heteroatoms. The van der Waals surface area contributed by atoms with Gasteiger partial charge in [0, 0.05) is 13.3 Å². The Morgan fingerprint density at radius 1 is 1.41 bits per heavy atom. The van der Waals surface area contributed by atoms with E-state index in [1.165, 1.54) is 6.92 Å². The molecule has 0 heterocycles. The largest absolute Gasteiger partial charge is 0.464 e. The minimum absolute atomic E-state index is 0.0718. The van der Waals surface area contributed by atoms with Crippen LogP contribution in [0.15, 0.2) is 12.2 Å². The van der Waals surface area contributed by atoms with E-state index in [-0.39, 0.29) is 24.2 Å². The van der Waals surface area contributed by atoms with Gasteiger partial charge in [0.15, 0.2) is 0 Å². The summed E-state index contributed by atoms with van der Waals surface area (Å²) in [4.78, 5) is 36.3. The number of ether oxygens (including phenoxy) is 1. The van der Waals surface area contributed by atoms with Crippen molar-refractivity contribution in [1.82, 2.24) is 5.32 Å². The Kier molecular flexibility index (Phi) is 5.37. The molecule has 0 aromatic rings. The summed E-state index contributed by atoms with van der Waals surface area (Å²) < 4.78 is 5.07. The molecule has 0 radical (unpaired) electrons. The fourth-order valence-corrected chi connectivity index (χ4v) is 3.86. The number of carbonyl (C=O) groups is 3. The van der Waals surface area contributed by atoms with Crippen molar-refractivity contribution >= 4 is 17.7 Å².